The van der Waals surface area contributed by atoms with Gasteiger partial charge in [-0.25, -0.2) is 0 Å². The number of methoxy groups -OCH3 is 1. The number of hydrogen-bond donors (Lipinski definition) is 1. The summed E-state index contributed by atoms with van der Waals surface area (Å²) in [5.41, 5.74) is 0. The quantitative estimate of drug-likeness (QED) is 0.750. The number of carboxylic acid groups (broad SMARTS) is 1. The smallest absolute Gasteiger partial charge is 0.303 e. The summed E-state index contributed by atoms with van der Waals surface area (Å²) in [4.78, 5) is 10.3. The molecular formula is C10H16N2O4. The van der Waals surface area contributed by atoms with Crippen LogP contribution in [0.5, 0.6) is 0 Å². The van der Waals surface area contributed by atoms with Crippen molar-refractivity contribution in [2.75, 3.05) is 7.11 Å². The van der Waals surface area contributed by atoms with Crippen molar-refractivity contribution in [3.63, 3.8) is 0 Å². The third-order valence-electron chi connectivity index (χ3n) is 2.23. The lowest BCUT2D eigenvalue weighted by molar-refractivity contribution is -0.137. The molecule has 0 aliphatic rings. The van der Waals surface area contributed by atoms with Gasteiger partial charge in [-0.15, -0.1) is 10.2 Å². The van der Waals surface area contributed by atoms with Gasteiger partial charge in [-0.2, -0.15) is 0 Å². The van der Waals surface area contributed by atoms with Gasteiger partial charge < -0.3 is 14.3 Å². The van der Waals surface area contributed by atoms with Gasteiger partial charge in [0.15, 0.2) is 0 Å². The second kappa shape index (κ2) is 6.22. The zero-order chi connectivity index (χ0) is 12.0. The molecule has 1 heterocycles. The minimum absolute atomic E-state index is 0.0100. The molecule has 1 atom stereocenters. The molecule has 16 heavy (non-hydrogen) atoms. The molecule has 0 aromatic carbocycles. The van der Waals surface area contributed by atoms with Crippen LogP contribution in [-0.4, -0.2) is 34.5 Å². The molecule has 0 aliphatic heterocycles. The SMILES string of the molecule is COC(C)CCc1nnc(CCC(=O)O)o1. The Labute approximate surface area is 93.6 Å². The highest BCUT2D eigenvalue weighted by molar-refractivity contribution is 5.66. The first-order valence-corrected chi connectivity index (χ1v) is 5.17. The van der Waals surface area contributed by atoms with E-state index in [0.717, 1.165) is 6.42 Å². The molecule has 0 aliphatic carbocycles. The monoisotopic (exact) mass is 228 g/mol. The van der Waals surface area contributed by atoms with Crippen molar-refractivity contribution in [2.24, 2.45) is 0 Å². The zero-order valence-electron chi connectivity index (χ0n) is 9.47. The van der Waals surface area contributed by atoms with Crippen molar-refractivity contribution in [2.45, 2.75) is 38.7 Å². The van der Waals surface area contributed by atoms with Gasteiger partial charge in [0.05, 0.1) is 12.5 Å². The fourth-order valence-electron chi connectivity index (χ4n) is 1.15. The van der Waals surface area contributed by atoms with E-state index in [1.54, 1.807) is 7.11 Å². The van der Waals surface area contributed by atoms with Gasteiger partial charge in [0.25, 0.3) is 0 Å². The Kier molecular flexibility index (Phi) is 4.91. The summed E-state index contributed by atoms with van der Waals surface area (Å²) < 4.78 is 10.4. The summed E-state index contributed by atoms with van der Waals surface area (Å²) in [6.07, 6.45) is 1.89. The standard InChI is InChI=1S/C10H16N2O4/c1-7(15-2)3-4-8-11-12-9(16-8)5-6-10(13)14/h7H,3-6H2,1-2H3,(H,13,14). The molecule has 6 nitrogen and oxygen atoms in total. The topological polar surface area (TPSA) is 85.5 Å². The van der Waals surface area contributed by atoms with E-state index in [2.05, 4.69) is 10.2 Å². The first-order valence-electron chi connectivity index (χ1n) is 5.17. The normalized spacial score (nSPS) is 12.6. The van der Waals surface area contributed by atoms with E-state index in [0.29, 0.717) is 18.2 Å². The fourth-order valence-corrected chi connectivity index (χ4v) is 1.15. The van der Waals surface area contributed by atoms with Crippen molar-refractivity contribution in [1.82, 2.24) is 10.2 Å². The molecule has 1 N–H and O–H groups in total. The lowest BCUT2D eigenvalue weighted by Crippen LogP contribution is -2.05. The summed E-state index contributed by atoms with van der Waals surface area (Å²) in [6, 6.07) is 0. The van der Waals surface area contributed by atoms with Gasteiger partial charge in [0, 0.05) is 20.0 Å². The number of carboxylic acids is 1. The highest BCUT2D eigenvalue weighted by Crippen LogP contribution is 2.07. The van der Waals surface area contributed by atoms with Crippen LogP contribution < -0.4 is 0 Å². The molecule has 0 amide bonds. The van der Waals surface area contributed by atoms with Crippen LogP contribution in [-0.2, 0) is 22.4 Å². The number of hydrogen-bond acceptors (Lipinski definition) is 5. The lowest BCUT2D eigenvalue weighted by atomic mass is 10.2. The maximum absolute atomic E-state index is 10.3. The maximum atomic E-state index is 10.3. The van der Waals surface area contributed by atoms with E-state index in [-0.39, 0.29) is 18.9 Å². The van der Waals surface area contributed by atoms with Crippen molar-refractivity contribution in [3.05, 3.63) is 11.8 Å². The van der Waals surface area contributed by atoms with Crippen LogP contribution in [0.15, 0.2) is 4.42 Å². The largest absolute Gasteiger partial charge is 0.481 e. The van der Waals surface area contributed by atoms with Crippen LogP contribution >= 0.6 is 0 Å². The molecule has 6 heteroatoms. The van der Waals surface area contributed by atoms with E-state index < -0.39 is 5.97 Å². The number of rotatable bonds is 7. The van der Waals surface area contributed by atoms with Gasteiger partial charge in [-0.05, 0) is 13.3 Å². The predicted octanol–water partition coefficient (Wildman–Crippen LogP) is 1.05. The van der Waals surface area contributed by atoms with Gasteiger partial charge in [-0.1, -0.05) is 0 Å². The first-order chi connectivity index (χ1) is 7.61. The zero-order valence-corrected chi connectivity index (χ0v) is 9.47. The second-order valence-electron chi connectivity index (χ2n) is 3.57. The molecule has 0 bridgehead atoms. The molecule has 0 saturated carbocycles. The van der Waals surface area contributed by atoms with Crippen LogP contribution in [0.2, 0.25) is 0 Å². The Morgan fingerprint density at radius 3 is 2.62 bits per heavy atom. The van der Waals surface area contributed by atoms with Crippen molar-refractivity contribution in [1.29, 1.82) is 0 Å². The molecule has 0 fully saturated rings. The summed E-state index contributed by atoms with van der Waals surface area (Å²) in [6.45, 7) is 1.96. The molecule has 0 spiro atoms. The molecule has 1 aromatic rings. The summed E-state index contributed by atoms with van der Waals surface area (Å²) in [7, 11) is 1.65. The molecule has 0 radical (unpaired) electrons. The third-order valence-corrected chi connectivity index (χ3v) is 2.23. The maximum Gasteiger partial charge on any atom is 0.303 e. The van der Waals surface area contributed by atoms with Crippen molar-refractivity contribution < 1.29 is 19.1 Å². The number of aliphatic carboxylic acids is 1. The van der Waals surface area contributed by atoms with Crippen LogP contribution in [0.4, 0.5) is 0 Å². The highest BCUT2D eigenvalue weighted by Gasteiger charge is 2.09. The number of aryl methyl sites for hydroxylation is 2. The van der Waals surface area contributed by atoms with Gasteiger partial charge in [0.1, 0.15) is 0 Å². The second-order valence-corrected chi connectivity index (χ2v) is 3.57. The number of ether oxygens (including phenoxy) is 1. The highest BCUT2D eigenvalue weighted by atomic mass is 16.5. The minimum Gasteiger partial charge on any atom is -0.481 e. The third kappa shape index (κ3) is 4.39. The molecule has 1 rings (SSSR count). The van der Waals surface area contributed by atoms with Crippen molar-refractivity contribution >= 4 is 5.97 Å². The molecular weight excluding hydrogens is 212 g/mol. The van der Waals surface area contributed by atoms with Crippen molar-refractivity contribution in [3.8, 4) is 0 Å². The number of carbonyl (C=O) groups is 1. The predicted molar refractivity (Wildman–Crippen MR) is 55.0 cm³/mol. The Hall–Kier alpha value is -1.43. The average Bonchev–Trinajstić information content (AvgIpc) is 2.71. The first kappa shape index (κ1) is 12.6. The van der Waals surface area contributed by atoms with E-state index in [1.165, 1.54) is 0 Å². The van der Waals surface area contributed by atoms with Crippen LogP contribution in [0.1, 0.15) is 31.5 Å². The molecule has 1 unspecified atom stereocenters. The summed E-state index contributed by atoms with van der Waals surface area (Å²) in [5.74, 6) is 0.0412. The van der Waals surface area contributed by atoms with E-state index in [9.17, 15) is 4.79 Å². The summed E-state index contributed by atoms with van der Waals surface area (Å²) in [5, 5.41) is 16.1. The fraction of sp³-hybridized carbons (Fsp3) is 0.700. The number of nitrogens with zero attached hydrogens (tertiary/aromatic N) is 2. The van der Waals surface area contributed by atoms with Crippen LogP contribution in [0, 0.1) is 0 Å². The Morgan fingerprint density at radius 1 is 1.44 bits per heavy atom. The average molecular weight is 228 g/mol. The number of aromatic nitrogens is 2. The molecule has 1 aromatic heterocycles. The van der Waals surface area contributed by atoms with Gasteiger partial charge in [0.2, 0.25) is 11.8 Å². The molecule has 0 saturated heterocycles. The summed E-state index contributed by atoms with van der Waals surface area (Å²) >= 11 is 0. The minimum atomic E-state index is -0.868. The van der Waals surface area contributed by atoms with Gasteiger partial charge in [-0.3, -0.25) is 4.79 Å². The van der Waals surface area contributed by atoms with Gasteiger partial charge >= 0.3 is 5.97 Å². The van der Waals surface area contributed by atoms with E-state index >= 15 is 0 Å². The van der Waals surface area contributed by atoms with E-state index in [4.69, 9.17) is 14.3 Å². The Balaban J connectivity index is 2.36. The Bertz CT molecular complexity index is 337. The van der Waals surface area contributed by atoms with Crippen LogP contribution in [0.25, 0.3) is 0 Å². The molecule has 90 valence electrons. The van der Waals surface area contributed by atoms with E-state index in [1.807, 2.05) is 6.92 Å². The lowest BCUT2D eigenvalue weighted by Gasteiger charge is -2.05. The Morgan fingerprint density at radius 2 is 2.06 bits per heavy atom. The van der Waals surface area contributed by atoms with Crippen LogP contribution in [0.3, 0.4) is 0 Å².